The second-order valence-electron chi connectivity index (χ2n) is 8.01. The zero-order chi connectivity index (χ0) is 20.5. The summed E-state index contributed by atoms with van der Waals surface area (Å²) in [5.74, 6) is 0.838. The summed E-state index contributed by atoms with van der Waals surface area (Å²) < 4.78 is 6.69. The lowest BCUT2D eigenvalue weighted by atomic mass is 9.73. The van der Waals surface area contributed by atoms with Gasteiger partial charge in [-0.1, -0.05) is 40.2 Å². The van der Waals surface area contributed by atoms with E-state index in [9.17, 15) is 9.59 Å². The van der Waals surface area contributed by atoms with Crippen LogP contribution in [-0.4, -0.2) is 17.8 Å². The molecule has 5 heteroatoms. The Labute approximate surface area is 179 Å². The molecule has 1 amide bonds. The summed E-state index contributed by atoms with van der Waals surface area (Å²) in [6, 6.07) is 15.9. The highest BCUT2D eigenvalue weighted by molar-refractivity contribution is 9.10. The van der Waals surface area contributed by atoms with Crippen LogP contribution < -0.4 is 10.1 Å². The maximum absolute atomic E-state index is 13.1. The molecule has 150 valence electrons. The zero-order valence-corrected chi connectivity index (χ0v) is 18.2. The molecule has 0 radical (unpaired) electrons. The van der Waals surface area contributed by atoms with Gasteiger partial charge in [-0.15, -0.1) is 0 Å². The third-order valence-corrected chi connectivity index (χ3v) is 6.06. The highest BCUT2D eigenvalue weighted by Gasteiger charge is 2.38. The molecule has 2 aliphatic rings. The van der Waals surface area contributed by atoms with Crippen LogP contribution in [0.4, 0.5) is 0 Å². The molecule has 29 heavy (non-hydrogen) atoms. The molecule has 2 aromatic carbocycles. The van der Waals surface area contributed by atoms with Crippen molar-refractivity contribution < 1.29 is 14.3 Å². The normalized spacial score (nSPS) is 21.8. The molecule has 0 bridgehead atoms. The molecular formula is C24H24BrNO3. The summed E-state index contributed by atoms with van der Waals surface area (Å²) in [7, 11) is 0. The molecule has 2 aromatic rings. The molecule has 0 spiro atoms. The number of carbonyl (C=O) groups is 2. The van der Waals surface area contributed by atoms with Gasteiger partial charge >= 0.3 is 0 Å². The van der Waals surface area contributed by atoms with Crippen molar-refractivity contribution in [1.82, 2.24) is 5.32 Å². The smallest absolute Gasteiger partial charge is 0.225 e. The monoisotopic (exact) mass is 453 g/mol. The van der Waals surface area contributed by atoms with Crippen molar-refractivity contribution in [3.05, 3.63) is 75.4 Å². The van der Waals surface area contributed by atoms with Gasteiger partial charge in [0, 0.05) is 34.5 Å². The van der Waals surface area contributed by atoms with E-state index in [1.165, 1.54) is 0 Å². The molecule has 1 aliphatic heterocycles. The van der Waals surface area contributed by atoms with E-state index in [4.69, 9.17) is 4.74 Å². The van der Waals surface area contributed by atoms with Crippen LogP contribution in [0.3, 0.4) is 0 Å². The van der Waals surface area contributed by atoms with Crippen LogP contribution in [0.5, 0.6) is 5.75 Å². The molecule has 2 atom stereocenters. The summed E-state index contributed by atoms with van der Waals surface area (Å²) in [4.78, 5) is 25.5. The second kappa shape index (κ2) is 8.15. The minimum Gasteiger partial charge on any atom is -0.491 e. The van der Waals surface area contributed by atoms with Crippen molar-refractivity contribution >= 4 is 27.6 Å². The number of allylic oxidation sites excluding steroid dienone is 2. The third kappa shape index (κ3) is 4.30. The second-order valence-corrected chi connectivity index (χ2v) is 8.93. The van der Waals surface area contributed by atoms with Gasteiger partial charge in [0.25, 0.3) is 0 Å². The molecule has 0 fully saturated rings. The van der Waals surface area contributed by atoms with Gasteiger partial charge in [0.05, 0.1) is 6.10 Å². The number of hydrogen-bond acceptors (Lipinski definition) is 3. The Bertz CT molecular complexity index is 961. The van der Waals surface area contributed by atoms with E-state index >= 15 is 0 Å². The number of hydrogen-bond donors (Lipinski definition) is 1. The van der Waals surface area contributed by atoms with Crippen LogP contribution in [0.1, 0.15) is 56.1 Å². The molecule has 1 aliphatic carbocycles. The Morgan fingerprint density at radius 3 is 2.24 bits per heavy atom. The topological polar surface area (TPSA) is 55.4 Å². The van der Waals surface area contributed by atoms with Crippen LogP contribution in [0.25, 0.3) is 0 Å². The Hall–Kier alpha value is -2.40. The number of carbonyl (C=O) groups excluding carboxylic acids is 2. The highest BCUT2D eigenvalue weighted by atomic mass is 79.9. The van der Waals surface area contributed by atoms with Gasteiger partial charge in [-0.05, 0) is 61.6 Å². The number of benzene rings is 2. The molecule has 0 saturated heterocycles. The molecule has 1 heterocycles. The maximum atomic E-state index is 13.1. The first-order chi connectivity index (χ1) is 13.9. The Balaban J connectivity index is 1.61. The number of amides is 1. The van der Waals surface area contributed by atoms with Crippen LogP contribution in [0, 0.1) is 0 Å². The molecule has 4 nitrogen and oxygen atoms in total. The van der Waals surface area contributed by atoms with Crippen LogP contribution >= 0.6 is 15.9 Å². The summed E-state index contributed by atoms with van der Waals surface area (Å²) in [6.07, 6.45) is 1.58. The Morgan fingerprint density at radius 2 is 1.59 bits per heavy atom. The van der Waals surface area contributed by atoms with E-state index in [1.54, 1.807) is 0 Å². The van der Waals surface area contributed by atoms with Gasteiger partial charge in [-0.3, -0.25) is 9.59 Å². The first-order valence-electron chi connectivity index (χ1n) is 9.99. The number of ether oxygens (including phenoxy) is 1. The quantitative estimate of drug-likeness (QED) is 0.688. The minimum atomic E-state index is -0.165. The average molecular weight is 454 g/mol. The number of halogens is 1. The van der Waals surface area contributed by atoms with E-state index in [0.29, 0.717) is 19.3 Å². The lowest BCUT2D eigenvalue weighted by molar-refractivity contribution is -0.122. The molecule has 1 N–H and O–H groups in total. The minimum absolute atomic E-state index is 0.0224. The van der Waals surface area contributed by atoms with Gasteiger partial charge in [-0.25, -0.2) is 0 Å². The molecule has 0 saturated carbocycles. The fraction of sp³-hybridized carbons (Fsp3) is 0.333. The van der Waals surface area contributed by atoms with Gasteiger partial charge < -0.3 is 10.1 Å². The summed E-state index contributed by atoms with van der Waals surface area (Å²) in [5, 5.41) is 2.98. The number of nitrogens with one attached hydrogen (secondary N) is 1. The first-order valence-corrected chi connectivity index (χ1v) is 10.8. The van der Waals surface area contributed by atoms with Crippen molar-refractivity contribution in [3.63, 3.8) is 0 Å². The Kier molecular flexibility index (Phi) is 5.59. The third-order valence-electron chi connectivity index (χ3n) is 5.53. The van der Waals surface area contributed by atoms with Gasteiger partial charge in [0.15, 0.2) is 5.78 Å². The first kappa shape index (κ1) is 19.9. The lowest BCUT2D eigenvalue weighted by Crippen LogP contribution is -2.38. The van der Waals surface area contributed by atoms with Crippen molar-refractivity contribution in [2.45, 2.75) is 51.0 Å². The van der Waals surface area contributed by atoms with E-state index in [0.717, 1.165) is 32.6 Å². The van der Waals surface area contributed by atoms with Gasteiger partial charge in [0.2, 0.25) is 5.91 Å². The van der Waals surface area contributed by atoms with E-state index in [-0.39, 0.29) is 29.6 Å². The molecule has 0 aromatic heterocycles. The average Bonchev–Trinajstić information content (AvgIpc) is 2.67. The van der Waals surface area contributed by atoms with E-state index in [2.05, 4.69) is 21.2 Å². The Morgan fingerprint density at radius 1 is 0.931 bits per heavy atom. The summed E-state index contributed by atoms with van der Waals surface area (Å²) >= 11 is 3.45. The maximum Gasteiger partial charge on any atom is 0.225 e. The molecule has 4 rings (SSSR count). The van der Waals surface area contributed by atoms with Crippen LogP contribution in [0.2, 0.25) is 0 Å². The predicted octanol–water partition coefficient (Wildman–Crippen LogP) is 5.24. The summed E-state index contributed by atoms with van der Waals surface area (Å²) in [6.45, 7) is 3.99. The van der Waals surface area contributed by atoms with Crippen molar-refractivity contribution in [2.24, 2.45) is 0 Å². The zero-order valence-electron chi connectivity index (χ0n) is 16.6. The van der Waals surface area contributed by atoms with Crippen LogP contribution in [0.15, 0.2) is 64.3 Å². The lowest BCUT2D eigenvalue weighted by Gasteiger charge is -2.34. The molecule has 2 unspecified atom stereocenters. The van der Waals surface area contributed by atoms with Crippen molar-refractivity contribution in [2.75, 3.05) is 0 Å². The van der Waals surface area contributed by atoms with Gasteiger partial charge in [-0.2, -0.15) is 0 Å². The standard InChI is InChI=1S/C24H24BrNO3/c1-14(2)29-19-9-5-15(6-10-19)17-11-21-24(22(27)12-17)20(13-23(28)26-21)16-3-7-18(25)8-4-16/h3-10,14,17,20H,11-13H2,1-2H3,(H,26,28). The predicted molar refractivity (Wildman–Crippen MR) is 116 cm³/mol. The van der Waals surface area contributed by atoms with E-state index < -0.39 is 0 Å². The SMILES string of the molecule is CC(C)Oc1ccc(C2CC(=O)C3=C(C2)NC(=O)CC3c2ccc(Br)cc2)cc1. The number of ketones is 1. The largest absolute Gasteiger partial charge is 0.491 e. The summed E-state index contributed by atoms with van der Waals surface area (Å²) in [5.41, 5.74) is 3.68. The van der Waals surface area contributed by atoms with Crippen molar-refractivity contribution in [3.8, 4) is 5.75 Å². The fourth-order valence-electron chi connectivity index (χ4n) is 4.27. The van der Waals surface area contributed by atoms with Crippen LogP contribution in [-0.2, 0) is 9.59 Å². The van der Waals surface area contributed by atoms with Gasteiger partial charge in [0.1, 0.15) is 5.75 Å². The fourth-order valence-corrected chi connectivity index (χ4v) is 4.53. The number of Topliss-reactive ketones (excluding diaryl/α,β-unsaturated/α-hetero) is 1. The number of rotatable bonds is 4. The highest BCUT2D eigenvalue weighted by Crippen LogP contribution is 2.42. The van der Waals surface area contributed by atoms with E-state index in [1.807, 2.05) is 62.4 Å². The molecular weight excluding hydrogens is 430 g/mol. The van der Waals surface area contributed by atoms with Crippen molar-refractivity contribution in [1.29, 1.82) is 0 Å².